The van der Waals surface area contributed by atoms with Crippen LogP contribution in [0.2, 0.25) is 0 Å². The van der Waals surface area contributed by atoms with E-state index in [0.29, 0.717) is 11.3 Å². The van der Waals surface area contributed by atoms with Crippen LogP contribution in [0.15, 0.2) is 82.6 Å². The van der Waals surface area contributed by atoms with E-state index in [1.165, 1.54) is 11.8 Å². The van der Waals surface area contributed by atoms with E-state index in [9.17, 15) is 23.1 Å². The number of rotatable bonds is 12. The molecule has 0 aliphatic carbocycles. The maximum atomic E-state index is 14.0. The number of nitrogens with one attached hydrogen (secondary N) is 3. The Balaban J connectivity index is 1.54. The smallest absolute Gasteiger partial charge is 0.250 e. The molecule has 0 saturated heterocycles. The maximum Gasteiger partial charge on any atom is 0.250 e. The predicted molar refractivity (Wildman–Crippen MR) is 182 cm³/mol. The molecule has 0 saturated carbocycles. The van der Waals surface area contributed by atoms with Gasteiger partial charge in [-0.25, -0.2) is 13.1 Å². The van der Waals surface area contributed by atoms with Gasteiger partial charge in [0.05, 0.1) is 29.8 Å². The molecule has 0 unspecified atom stereocenters. The maximum absolute atomic E-state index is 14.0. The number of sulfonamides is 1. The minimum atomic E-state index is -3.78. The largest absolute Gasteiger partial charge is 0.394 e. The monoisotopic (exact) mass is 668 g/mol. The number of β-amino-alcohol motifs (C(OH)–C–C–N with tert-alkyl or cyclic N) is 1. The van der Waals surface area contributed by atoms with Gasteiger partial charge in [-0.05, 0) is 63.9 Å². The molecule has 10 nitrogen and oxygen atoms in total. The summed E-state index contributed by atoms with van der Waals surface area (Å²) in [6.45, 7) is 9.03. The summed E-state index contributed by atoms with van der Waals surface area (Å²) >= 11 is 1.50. The van der Waals surface area contributed by atoms with Crippen molar-refractivity contribution < 1.29 is 28.2 Å². The van der Waals surface area contributed by atoms with E-state index < -0.39 is 33.2 Å². The first kappa shape index (κ1) is 35.6. The van der Waals surface area contributed by atoms with Crippen LogP contribution in [0.1, 0.15) is 46.6 Å². The molecule has 2 atom stereocenters. The third-order valence-corrected chi connectivity index (χ3v) is 10.3. The highest BCUT2D eigenvalue weighted by molar-refractivity contribution is 7.99. The predicted octanol–water partition coefficient (Wildman–Crippen LogP) is 3.67. The average Bonchev–Trinajstić information content (AvgIpc) is 3.11. The molecule has 5 N–H and O–H groups in total. The third-order valence-electron chi connectivity index (χ3n) is 7.31. The van der Waals surface area contributed by atoms with Crippen LogP contribution in [-0.2, 0) is 26.2 Å². The van der Waals surface area contributed by atoms with Crippen molar-refractivity contribution in [3.05, 3.63) is 78.4 Å². The molecule has 248 valence electrons. The van der Waals surface area contributed by atoms with Crippen molar-refractivity contribution in [1.82, 2.24) is 15.4 Å². The Morgan fingerprint density at radius 1 is 1.00 bits per heavy atom. The summed E-state index contributed by atoms with van der Waals surface area (Å²) in [6.07, 6.45) is -0.868. The van der Waals surface area contributed by atoms with Gasteiger partial charge in [-0.3, -0.25) is 9.59 Å². The molecule has 46 heavy (non-hydrogen) atoms. The van der Waals surface area contributed by atoms with Crippen molar-refractivity contribution >= 4 is 39.3 Å². The molecule has 4 rings (SSSR count). The number of hydrogen-bond acceptors (Lipinski definition) is 8. The van der Waals surface area contributed by atoms with E-state index in [1.807, 2.05) is 62.4 Å². The Morgan fingerprint density at radius 3 is 2.33 bits per heavy atom. The number of anilines is 1. The van der Waals surface area contributed by atoms with Crippen LogP contribution < -0.4 is 20.3 Å². The molecule has 1 aliphatic rings. The van der Waals surface area contributed by atoms with Crippen LogP contribution in [-0.4, -0.2) is 72.6 Å². The molecular formula is C34H44N4O6S2. The normalized spacial score (nSPS) is 16.5. The van der Waals surface area contributed by atoms with Gasteiger partial charge < -0.3 is 25.7 Å². The van der Waals surface area contributed by atoms with Gasteiger partial charge in [0.1, 0.15) is 6.04 Å². The lowest BCUT2D eigenvalue weighted by molar-refractivity contribution is -0.128. The average molecular weight is 669 g/mol. The molecule has 1 heterocycles. The van der Waals surface area contributed by atoms with Crippen LogP contribution in [0, 0.1) is 0 Å². The zero-order valence-electron chi connectivity index (χ0n) is 26.9. The minimum Gasteiger partial charge on any atom is -0.394 e. The van der Waals surface area contributed by atoms with Crippen molar-refractivity contribution in [2.75, 3.05) is 23.8 Å². The molecule has 3 aromatic carbocycles. The van der Waals surface area contributed by atoms with E-state index in [-0.39, 0.29) is 42.8 Å². The number of nitrogens with zero attached hydrogens (tertiary/aromatic N) is 1. The fraction of sp³-hybridized carbons (Fsp3) is 0.412. The Hall–Kier alpha value is -3.26. The van der Waals surface area contributed by atoms with Gasteiger partial charge in [0, 0.05) is 40.3 Å². The van der Waals surface area contributed by atoms with Crippen molar-refractivity contribution in [2.24, 2.45) is 0 Å². The van der Waals surface area contributed by atoms with Crippen LogP contribution >= 0.6 is 11.8 Å². The molecule has 1 aliphatic heterocycles. The van der Waals surface area contributed by atoms with Crippen molar-refractivity contribution in [3.63, 3.8) is 0 Å². The molecule has 0 aromatic heterocycles. The highest BCUT2D eigenvalue weighted by atomic mass is 32.2. The molecule has 12 heteroatoms. The molecule has 0 fully saturated rings. The summed E-state index contributed by atoms with van der Waals surface area (Å²) in [6, 6.07) is 21.2. The van der Waals surface area contributed by atoms with E-state index >= 15 is 0 Å². The zero-order chi connectivity index (χ0) is 33.7. The summed E-state index contributed by atoms with van der Waals surface area (Å²) in [5.74, 6) is -0.178. The fourth-order valence-electron chi connectivity index (χ4n) is 5.16. The van der Waals surface area contributed by atoms with Crippen LogP contribution in [0.4, 0.5) is 5.69 Å². The number of carbonyl (C=O) groups excluding carboxylic acids is 2. The zero-order valence-corrected chi connectivity index (χ0v) is 28.5. The van der Waals surface area contributed by atoms with Gasteiger partial charge in [0.15, 0.2) is 0 Å². The Kier molecular flexibility index (Phi) is 11.3. The number of amides is 2. The van der Waals surface area contributed by atoms with Crippen molar-refractivity contribution in [3.8, 4) is 11.1 Å². The summed E-state index contributed by atoms with van der Waals surface area (Å²) in [5, 5.41) is 24.8. The van der Waals surface area contributed by atoms with Gasteiger partial charge in [-0.1, -0.05) is 54.6 Å². The van der Waals surface area contributed by atoms with Gasteiger partial charge in [0.2, 0.25) is 15.9 Å². The minimum absolute atomic E-state index is 0.0659. The molecule has 3 aromatic rings. The summed E-state index contributed by atoms with van der Waals surface area (Å²) in [5.41, 5.74) is 1.58. The van der Waals surface area contributed by atoms with E-state index in [2.05, 4.69) is 15.4 Å². The Labute approximate surface area is 276 Å². The van der Waals surface area contributed by atoms with Crippen LogP contribution in [0.3, 0.4) is 0 Å². The molecule has 0 spiro atoms. The number of fused-ring (bicyclic) bond motifs is 1. The van der Waals surface area contributed by atoms with Gasteiger partial charge >= 0.3 is 0 Å². The van der Waals surface area contributed by atoms with E-state index in [4.69, 9.17) is 5.11 Å². The highest BCUT2D eigenvalue weighted by Crippen LogP contribution is 2.36. The Bertz CT molecular complexity index is 1640. The van der Waals surface area contributed by atoms with Crippen LogP contribution in [0.5, 0.6) is 0 Å². The molecular weight excluding hydrogens is 625 g/mol. The number of hydrogen-bond donors (Lipinski definition) is 5. The first-order valence-corrected chi connectivity index (χ1v) is 17.6. The number of aliphatic hydroxyl groups excluding tert-OH is 2. The first-order valence-electron chi connectivity index (χ1n) is 15.2. The lowest BCUT2D eigenvalue weighted by Gasteiger charge is -2.29. The van der Waals surface area contributed by atoms with Crippen molar-refractivity contribution in [2.45, 2.75) is 80.6 Å². The SMILES string of the molecule is CC(C)(C)NS(=O)(=O)c1ccccc1-c1ccc(CN2C(=O)[C@H](NC(=O)CC(C)(C)NC[C@H](O)CO)CSc3ccccc32)cc1. The summed E-state index contributed by atoms with van der Waals surface area (Å²) < 4.78 is 29.1. The number of carbonyl (C=O) groups is 2. The first-order chi connectivity index (χ1) is 21.6. The lowest BCUT2D eigenvalue weighted by atomic mass is 9.99. The number of para-hydroxylation sites is 1. The van der Waals surface area contributed by atoms with Gasteiger partial charge in [0.25, 0.3) is 5.91 Å². The second-order valence-electron chi connectivity index (χ2n) is 13.1. The van der Waals surface area contributed by atoms with Crippen molar-refractivity contribution in [1.29, 1.82) is 0 Å². The number of aliphatic hydroxyl groups is 2. The summed E-state index contributed by atoms with van der Waals surface area (Å²) in [4.78, 5) is 29.9. The second-order valence-corrected chi connectivity index (χ2v) is 15.9. The van der Waals surface area contributed by atoms with Gasteiger partial charge in [-0.15, -0.1) is 11.8 Å². The van der Waals surface area contributed by atoms with E-state index in [1.54, 1.807) is 49.9 Å². The third kappa shape index (κ3) is 9.40. The molecule has 0 bridgehead atoms. The summed E-state index contributed by atoms with van der Waals surface area (Å²) in [7, 11) is -3.78. The van der Waals surface area contributed by atoms with Gasteiger partial charge in [-0.2, -0.15) is 0 Å². The topological polar surface area (TPSA) is 148 Å². The number of benzene rings is 3. The highest BCUT2D eigenvalue weighted by Gasteiger charge is 2.33. The quantitative estimate of drug-likeness (QED) is 0.197. The second kappa shape index (κ2) is 14.7. The fourth-order valence-corrected chi connectivity index (χ4v) is 7.88. The lowest BCUT2D eigenvalue weighted by Crippen LogP contribution is -2.52. The van der Waals surface area contributed by atoms with Crippen LogP contribution in [0.25, 0.3) is 11.1 Å². The van der Waals surface area contributed by atoms with E-state index in [0.717, 1.165) is 21.7 Å². The Morgan fingerprint density at radius 2 is 1.65 bits per heavy atom. The molecule has 0 radical (unpaired) electrons. The standard InChI is InChI=1S/C34H44N4O6S2/c1-33(2,3)37-46(43,44)30-13-9-6-10-26(30)24-16-14-23(15-17-24)20-38-28-11-7-8-12-29(28)45-22-27(32(38)42)36-31(41)18-34(4,5)35-19-25(40)21-39/h6-17,25,27,35,37,39-40H,18-22H2,1-5H3,(H,36,41)/t25-,27+/m0/s1. The molecule has 2 amide bonds. The number of thioether (sulfide) groups is 1.